The van der Waals surface area contributed by atoms with Crippen molar-refractivity contribution in [3.05, 3.63) is 0 Å². The predicted octanol–water partition coefficient (Wildman–Crippen LogP) is 0.642. The second kappa shape index (κ2) is 5.15. The highest BCUT2D eigenvalue weighted by Crippen LogP contribution is 2.27. The number of hydrogen-bond donors (Lipinski definition) is 1. The first-order valence-electron chi connectivity index (χ1n) is 6.20. The molecule has 0 aromatic carbocycles. The van der Waals surface area contributed by atoms with E-state index in [-0.39, 0.29) is 18.4 Å². The Labute approximate surface area is 96.6 Å². The fourth-order valence-electron chi connectivity index (χ4n) is 2.78. The zero-order valence-corrected chi connectivity index (χ0v) is 9.89. The van der Waals surface area contributed by atoms with Crippen molar-refractivity contribution < 1.29 is 14.6 Å². The molecule has 2 rings (SSSR count). The maximum atomic E-state index is 11.8. The van der Waals surface area contributed by atoms with Gasteiger partial charge in [-0.05, 0) is 25.7 Å². The van der Waals surface area contributed by atoms with Gasteiger partial charge in [0.15, 0.2) is 0 Å². The normalized spacial score (nSPS) is 29.8. The van der Waals surface area contributed by atoms with Gasteiger partial charge in [0.05, 0.1) is 0 Å². The van der Waals surface area contributed by atoms with Gasteiger partial charge in [-0.3, -0.25) is 4.79 Å². The lowest BCUT2D eigenvalue weighted by Crippen LogP contribution is -2.41. The highest BCUT2D eigenvalue weighted by molar-refractivity contribution is 5.79. The number of carbonyl (C=O) groups is 1. The molecule has 2 unspecified atom stereocenters. The number of amides is 1. The van der Waals surface area contributed by atoms with Crippen molar-refractivity contribution in [2.75, 3.05) is 26.4 Å². The summed E-state index contributed by atoms with van der Waals surface area (Å²) >= 11 is 0. The molecule has 0 radical (unpaired) electrons. The van der Waals surface area contributed by atoms with Crippen LogP contribution in [0, 0.1) is 11.8 Å². The van der Waals surface area contributed by atoms with Gasteiger partial charge in [0.2, 0.25) is 5.91 Å². The monoisotopic (exact) mass is 227 g/mol. The minimum atomic E-state index is 0.128. The lowest BCUT2D eigenvalue weighted by atomic mass is 9.92. The standard InChI is InChI=1S/C12H21NO3/c1-9(11-2-4-16-5-3-11)13-7-10(8-14)6-12(13)15/h9-11,14H,2-8H2,1H3. The zero-order chi connectivity index (χ0) is 11.5. The lowest BCUT2D eigenvalue weighted by Gasteiger charge is -2.34. The minimum absolute atomic E-state index is 0.128. The Morgan fingerprint density at radius 2 is 2.19 bits per heavy atom. The van der Waals surface area contributed by atoms with Crippen LogP contribution >= 0.6 is 0 Å². The van der Waals surface area contributed by atoms with E-state index < -0.39 is 0 Å². The van der Waals surface area contributed by atoms with Crippen LogP contribution in [0.3, 0.4) is 0 Å². The summed E-state index contributed by atoms with van der Waals surface area (Å²) in [5, 5.41) is 9.09. The Morgan fingerprint density at radius 3 is 2.75 bits per heavy atom. The van der Waals surface area contributed by atoms with Crippen molar-refractivity contribution in [2.45, 2.75) is 32.2 Å². The molecule has 0 aromatic rings. The molecule has 2 aliphatic rings. The molecule has 2 fully saturated rings. The smallest absolute Gasteiger partial charge is 0.223 e. The Hall–Kier alpha value is -0.610. The number of likely N-dealkylation sites (tertiary alicyclic amines) is 1. The van der Waals surface area contributed by atoms with Crippen molar-refractivity contribution in [3.63, 3.8) is 0 Å². The van der Waals surface area contributed by atoms with E-state index in [1.807, 2.05) is 4.90 Å². The van der Waals surface area contributed by atoms with E-state index in [0.717, 1.165) is 32.6 Å². The third-order valence-electron chi connectivity index (χ3n) is 3.94. The Morgan fingerprint density at radius 1 is 1.50 bits per heavy atom. The fourth-order valence-corrected chi connectivity index (χ4v) is 2.78. The maximum Gasteiger partial charge on any atom is 0.223 e. The first-order chi connectivity index (χ1) is 7.72. The summed E-state index contributed by atoms with van der Waals surface area (Å²) in [5.74, 6) is 0.919. The van der Waals surface area contributed by atoms with E-state index in [9.17, 15) is 4.79 Å². The molecule has 1 N–H and O–H groups in total. The van der Waals surface area contributed by atoms with Gasteiger partial charge < -0.3 is 14.7 Å². The van der Waals surface area contributed by atoms with Crippen LogP contribution in [0.4, 0.5) is 0 Å². The van der Waals surface area contributed by atoms with Gasteiger partial charge in [0, 0.05) is 44.7 Å². The van der Waals surface area contributed by atoms with Crippen LogP contribution in [0.1, 0.15) is 26.2 Å². The quantitative estimate of drug-likeness (QED) is 0.770. The molecule has 92 valence electrons. The molecule has 4 nitrogen and oxygen atoms in total. The van der Waals surface area contributed by atoms with Gasteiger partial charge in [0.25, 0.3) is 0 Å². The van der Waals surface area contributed by atoms with Gasteiger partial charge in [-0.2, -0.15) is 0 Å². The summed E-state index contributed by atoms with van der Waals surface area (Å²) in [4.78, 5) is 13.8. The van der Waals surface area contributed by atoms with Gasteiger partial charge >= 0.3 is 0 Å². The van der Waals surface area contributed by atoms with Crippen molar-refractivity contribution in [3.8, 4) is 0 Å². The fraction of sp³-hybridized carbons (Fsp3) is 0.917. The Kier molecular flexibility index (Phi) is 3.82. The molecule has 0 bridgehead atoms. The summed E-state index contributed by atoms with van der Waals surface area (Å²) in [7, 11) is 0. The third kappa shape index (κ3) is 2.38. The van der Waals surface area contributed by atoms with Crippen LogP contribution in [0.5, 0.6) is 0 Å². The Bertz CT molecular complexity index is 251. The number of aliphatic hydroxyl groups excluding tert-OH is 1. The molecular weight excluding hydrogens is 206 g/mol. The number of ether oxygens (including phenoxy) is 1. The molecule has 1 amide bonds. The van der Waals surface area contributed by atoms with Crippen LogP contribution in [-0.4, -0.2) is 48.3 Å². The summed E-state index contributed by atoms with van der Waals surface area (Å²) < 4.78 is 5.34. The van der Waals surface area contributed by atoms with Crippen LogP contribution in [0.2, 0.25) is 0 Å². The van der Waals surface area contributed by atoms with E-state index >= 15 is 0 Å². The summed E-state index contributed by atoms with van der Waals surface area (Å²) in [6, 6.07) is 0.299. The summed E-state index contributed by atoms with van der Waals surface area (Å²) in [6.07, 6.45) is 2.62. The minimum Gasteiger partial charge on any atom is -0.396 e. The van der Waals surface area contributed by atoms with Gasteiger partial charge in [-0.15, -0.1) is 0 Å². The molecule has 2 atom stereocenters. The predicted molar refractivity (Wildman–Crippen MR) is 59.9 cm³/mol. The van der Waals surface area contributed by atoms with Crippen LogP contribution in [0.25, 0.3) is 0 Å². The van der Waals surface area contributed by atoms with Gasteiger partial charge in [0.1, 0.15) is 0 Å². The number of rotatable bonds is 3. The second-order valence-electron chi connectivity index (χ2n) is 4.99. The highest BCUT2D eigenvalue weighted by Gasteiger charge is 2.35. The molecule has 2 saturated heterocycles. The average molecular weight is 227 g/mol. The second-order valence-corrected chi connectivity index (χ2v) is 4.99. The van der Waals surface area contributed by atoms with Crippen LogP contribution in [-0.2, 0) is 9.53 Å². The van der Waals surface area contributed by atoms with Crippen molar-refractivity contribution >= 4 is 5.91 Å². The topological polar surface area (TPSA) is 49.8 Å². The van der Waals surface area contributed by atoms with Gasteiger partial charge in [-0.25, -0.2) is 0 Å². The first-order valence-corrected chi connectivity index (χ1v) is 6.20. The van der Waals surface area contributed by atoms with E-state index in [2.05, 4.69) is 6.92 Å². The van der Waals surface area contributed by atoms with E-state index in [0.29, 0.717) is 18.4 Å². The lowest BCUT2D eigenvalue weighted by molar-refractivity contribution is -0.131. The Balaban J connectivity index is 1.93. The zero-order valence-electron chi connectivity index (χ0n) is 9.89. The molecule has 0 spiro atoms. The molecule has 0 saturated carbocycles. The highest BCUT2D eigenvalue weighted by atomic mass is 16.5. The molecular formula is C12H21NO3. The molecule has 2 heterocycles. The van der Waals surface area contributed by atoms with Crippen molar-refractivity contribution in [1.29, 1.82) is 0 Å². The van der Waals surface area contributed by atoms with Crippen molar-refractivity contribution in [2.24, 2.45) is 11.8 Å². The number of carbonyl (C=O) groups excluding carboxylic acids is 1. The largest absolute Gasteiger partial charge is 0.396 e. The molecule has 2 aliphatic heterocycles. The van der Waals surface area contributed by atoms with Crippen LogP contribution in [0.15, 0.2) is 0 Å². The third-order valence-corrected chi connectivity index (χ3v) is 3.94. The first kappa shape index (κ1) is 11.9. The summed E-state index contributed by atoms with van der Waals surface area (Å²) in [5.41, 5.74) is 0. The molecule has 0 aromatic heterocycles. The van der Waals surface area contributed by atoms with Crippen molar-refractivity contribution in [1.82, 2.24) is 4.90 Å². The number of hydrogen-bond acceptors (Lipinski definition) is 3. The average Bonchev–Trinajstić information content (AvgIpc) is 2.71. The SMILES string of the molecule is CC(C1CCOCC1)N1CC(CO)CC1=O. The summed E-state index contributed by atoms with van der Waals surface area (Å²) in [6.45, 7) is 4.63. The van der Waals surface area contributed by atoms with E-state index in [1.54, 1.807) is 0 Å². The van der Waals surface area contributed by atoms with Gasteiger partial charge in [-0.1, -0.05) is 0 Å². The number of aliphatic hydroxyl groups is 1. The number of nitrogens with zero attached hydrogens (tertiary/aromatic N) is 1. The molecule has 0 aliphatic carbocycles. The molecule has 4 heteroatoms. The van der Waals surface area contributed by atoms with Crippen LogP contribution < -0.4 is 0 Å². The van der Waals surface area contributed by atoms with E-state index in [1.165, 1.54) is 0 Å². The van der Waals surface area contributed by atoms with E-state index in [4.69, 9.17) is 9.84 Å². The molecule has 16 heavy (non-hydrogen) atoms. The maximum absolute atomic E-state index is 11.8.